The summed E-state index contributed by atoms with van der Waals surface area (Å²) in [6.45, 7) is 9.49. The van der Waals surface area contributed by atoms with E-state index < -0.39 is 60.7 Å². The molecule has 1 saturated heterocycles. The number of carbonyl (C=O) groups excluding carboxylic acids is 2. The van der Waals surface area contributed by atoms with Gasteiger partial charge in [0.15, 0.2) is 0 Å². The third-order valence-corrected chi connectivity index (χ3v) is 9.76. The van der Waals surface area contributed by atoms with Crippen molar-refractivity contribution in [2.75, 3.05) is 39.9 Å². The zero-order valence-electron chi connectivity index (χ0n) is 31.8. The highest BCUT2D eigenvalue weighted by Crippen LogP contribution is 2.41. The molecule has 0 saturated carbocycles. The minimum absolute atomic E-state index is 0.110. The number of nitrogens with one attached hydrogen (secondary N) is 2. The van der Waals surface area contributed by atoms with Crippen molar-refractivity contribution in [2.24, 2.45) is 0 Å². The molecule has 15 heteroatoms. The molecule has 1 fully saturated rings. The van der Waals surface area contributed by atoms with Gasteiger partial charge < -0.3 is 29.6 Å². The van der Waals surface area contributed by atoms with Crippen LogP contribution >= 0.6 is 0 Å². The fourth-order valence-corrected chi connectivity index (χ4v) is 7.18. The number of alkyl carbamates (subject to hydrolysis) is 1. The first-order valence-electron chi connectivity index (χ1n) is 18.4. The van der Waals surface area contributed by atoms with E-state index >= 15 is 8.78 Å². The Morgan fingerprint density at radius 2 is 1.93 bits per heavy atom. The summed E-state index contributed by atoms with van der Waals surface area (Å²) in [5.41, 5.74) is 6.71. The van der Waals surface area contributed by atoms with E-state index in [9.17, 15) is 24.6 Å². The number of amides is 2. The van der Waals surface area contributed by atoms with Gasteiger partial charge in [-0.15, -0.1) is 0 Å². The van der Waals surface area contributed by atoms with Crippen molar-refractivity contribution in [3.8, 4) is 11.3 Å². The smallest absolute Gasteiger partial charge is 0.408 e. The van der Waals surface area contributed by atoms with Crippen molar-refractivity contribution < 1.29 is 42.9 Å². The summed E-state index contributed by atoms with van der Waals surface area (Å²) in [5, 5.41) is 23.8. The highest BCUT2D eigenvalue weighted by molar-refractivity contribution is 5.95. The molecule has 2 aliphatic rings. The fraction of sp³-hybridized carbons (Fsp3) is 0.538. The molecule has 2 aromatic heterocycles. The molecule has 0 radical (unpaired) electrons. The number of rotatable bonds is 13. The Balaban J connectivity index is 1.49. The lowest BCUT2D eigenvalue weighted by atomic mass is 9.95. The minimum atomic E-state index is -3.38. The lowest BCUT2D eigenvalue weighted by molar-refractivity contribution is -0.148. The molecule has 0 bridgehead atoms. The van der Waals surface area contributed by atoms with Gasteiger partial charge in [-0.1, -0.05) is 12.1 Å². The molecule has 0 aliphatic carbocycles. The molecule has 1 aromatic carbocycles. The zero-order chi connectivity index (χ0) is 39.4. The Bertz CT molecular complexity index is 1870. The van der Waals surface area contributed by atoms with Gasteiger partial charge in [0.2, 0.25) is 0 Å². The Hall–Kier alpha value is -4.44. The number of alkyl halides is 2. The number of aliphatic hydroxyl groups excluding tert-OH is 1. The third kappa shape index (κ3) is 9.43. The summed E-state index contributed by atoms with van der Waals surface area (Å²) in [4.78, 5) is 45.1. The molecule has 4 heterocycles. The van der Waals surface area contributed by atoms with Crippen molar-refractivity contribution in [1.82, 2.24) is 30.2 Å². The van der Waals surface area contributed by atoms with Crippen LogP contribution in [0.3, 0.4) is 0 Å². The molecule has 13 nitrogen and oxygen atoms in total. The summed E-state index contributed by atoms with van der Waals surface area (Å²) in [6, 6.07) is 7.41. The van der Waals surface area contributed by atoms with E-state index in [1.54, 1.807) is 40.1 Å². The summed E-state index contributed by atoms with van der Waals surface area (Å²) >= 11 is 0. The number of carboxylic acid groups (broad SMARTS) is 1. The fourth-order valence-electron chi connectivity index (χ4n) is 7.18. The Labute approximate surface area is 314 Å². The normalized spacial score (nSPS) is 18.3. The molecule has 3 atom stereocenters. The lowest BCUT2D eigenvalue weighted by Crippen LogP contribution is -2.62. The largest absolute Gasteiger partial charge is 0.480 e. The van der Waals surface area contributed by atoms with Crippen LogP contribution in [0.5, 0.6) is 0 Å². The van der Waals surface area contributed by atoms with E-state index in [1.165, 1.54) is 5.01 Å². The summed E-state index contributed by atoms with van der Waals surface area (Å²) in [6.07, 6.45) is 3.32. The van der Waals surface area contributed by atoms with E-state index in [1.807, 2.05) is 47.6 Å². The Morgan fingerprint density at radius 1 is 1.17 bits per heavy atom. The number of fused-ring (bicyclic) bond motifs is 1. The molecular weight excluding hydrogens is 702 g/mol. The number of hydrogen-bond acceptors (Lipinski definition) is 9. The van der Waals surface area contributed by atoms with Crippen molar-refractivity contribution in [1.29, 1.82) is 0 Å². The number of aliphatic carboxylic acids is 1. The van der Waals surface area contributed by atoms with E-state index in [-0.39, 0.29) is 13.1 Å². The van der Waals surface area contributed by atoms with Crippen LogP contribution in [0.25, 0.3) is 27.7 Å². The minimum Gasteiger partial charge on any atom is -0.480 e. The highest BCUT2D eigenvalue weighted by atomic mass is 19.3. The van der Waals surface area contributed by atoms with Crippen LogP contribution in [-0.4, -0.2) is 111 Å². The number of aliphatic hydroxyl groups is 1. The Morgan fingerprint density at radius 3 is 2.59 bits per heavy atom. The molecule has 294 valence electrons. The van der Waals surface area contributed by atoms with Gasteiger partial charge in [0.1, 0.15) is 24.3 Å². The number of aromatic nitrogens is 2. The maximum absolute atomic E-state index is 15.1. The second-order valence-electron chi connectivity index (χ2n) is 14.9. The van der Waals surface area contributed by atoms with Gasteiger partial charge in [-0.3, -0.25) is 24.5 Å². The van der Waals surface area contributed by atoms with Gasteiger partial charge in [0, 0.05) is 68.9 Å². The lowest BCUT2D eigenvalue weighted by Gasteiger charge is -2.36. The third-order valence-electron chi connectivity index (χ3n) is 9.76. The second-order valence-corrected chi connectivity index (χ2v) is 14.9. The molecule has 2 amide bonds. The van der Waals surface area contributed by atoms with E-state index in [4.69, 9.17) is 9.47 Å². The molecule has 54 heavy (non-hydrogen) atoms. The molecule has 5 rings (SSSR count). The molecule has 0 spiro atoms. The number of halogens is 2. The number of benzene rings is 1. The predicted octanol–water partition coefficient (Wildman–Crippen LogP) is 5.16. The topological polar surface area (TPSA) is 158 Å². The quantitative estimate of drug-likeness (QED) is 0.184. The number of aryl methyl sites for hydroxylation is 1. The van der Waals surface area contributed by atoms with Crippen LogP contribution in [0.15, 0.2) is 42.6 Å². The maximum Gasteiger partial charge on any atom is 0.408 e. The average molecular weight is 755 g/mol. The van der Waals surface area contributed by atoms with Gasteiger partial charge in [-0.05, 0) is 94.8 Å². The first kappa shape index (κ1) is 40.7. The molecular formula is C39H52F2N6O7. The summed E-state index contributed by atoms with van der Waals surface area (Å²) in [5.74, 6) is -4.93. The summed E-state index contributed by atoms with van der Waals surface area (Å²) in [7, 11) is 1.57. The first-order chi connectivity index (χ1) is 25.6. The number of hydrazine groups is 1. The highest BCUT2D eigenvalue weighted by Gasteiger charge is 2.36. The predicted molar refractivity (Wildman–Crippen MR) is 200 cm³/mol. The van der Waals surface area contributed by atoms with Gasteiger partial charge in [-0.25, -0.2) is 19.0 Å². The van der Waals surface area contributed by atoms with Gasteiger partial charge in [-0.2, -0.15) is 0 Å². The van der Waals surface area contributed by atoms with Crippen LogP contribution in [0.1, 0.15) is 76.8 Å². The van der Waals surface area contributed by atoms with Crippen LogP contribution in [0, 0.1) is 0 Å². The molecule has 3 aromatic rings. The number of methoxy groups -OCH3 is 1. The monoisotopic (exact) mass is 754 g/mol. The van der Waals surface area contributed by atoms with Crippen molar-refractivity contribution in [3.05, 3.63) is 59.4 Å². The Kier molecular flexibility index (Phi) is 12.8. The number of hydrogen-bond donors (Lipinski definition) is 4. The number of nitrogens with zero attached hydrogens (tertiary/aromatic N) is 4. The number of carbonyl (C=O) groups is 3. The zero-order valence-corrected chi connectivity index (χ0v) is 31.8. The van der Waals surface area contributed by atoms with Gasteiger partial charge in [0.25, 0.3) is 11.8 Å². The van der Waals surface area contributed by atoms with Gasteiger partial charge in [0.05, 0.1) is 17.5 Å². The maximum atomic E-state index is 15.1. The molecule has 2 aliphatic heterocycles. The van der Waals surface area contributed by atoms with Crippen LogP contribution < -0.4 is 10.7 Å². The average Bonchev–Trinajstić information content (AvgIpc) is 3.44. The second kappa shape index (κ2) is 16.9. The van der Waals surface area contributed by atoms with Crippen molar-refractivity contribution >= 4 is 34.4 Å². The van der Waals surface area contributed by atoms with Crippen LogP contribution in [0.4, 0.5) is 13.6 Å². The standard InChI is InChI=1S/C39H52F2N6O7/c1-7-46-32-15-14-25(19-28(32)29(20-39(40,41)23-48)34(46)27-12-8-16-42-33(27)24(2)53-6)26-11-9-17-45(21-26)22-31(43-37(52)54-38(3,4)5)35(49)47-18-10-13-30(44-47)36(50)51/h8,11-12,14-16,19,24,30-31,44,48H,7,9-10,13,17-18,20-23H2,1-6H3,(H,43,52)(H,50,51)/t24-,30-,31-/m0/s1. The first-order valence-corrected chi connectivity index (χ1v) is 18.4. The van der Waals surface area contributed by atoms with E-state index in [0.29, 0.717) is 66.8 Å². The van der Waals surface area contributed by atoms with Crippen LogP contribution in [0.2, 0.25) is 0 Å². The number of carboxylic acids is 1. The van der Waals surface area contributed by atoms with Crippen molar-refractivity contribution in [3.63, 3.8) is 0 Å². The summed E-state index contributed by atoms with van der Waals surface area (Å²) < 4.78 is 43.4. The van der Waals surface area contributed by atoms with Gasteiger partial charge >= 0.3 is 12.1 Å². The van der Waals surface area contributed by atoms with Crippen LogP contribution in [-0.2, 0) is 32.0 Å². The van der Waals surface area contributed by atoms with Crippen molar-refractivity contribution in [2.45, 2.75) is 96.6 Å². The van der Waals surface area contributed by atoms with E-state index in [2.05, 4.69) is 21.8 Å². The molecule has 0 unspecified atom stereocenters. The SMILES string of the molecule is CCn1c(-c2cccnc2[C@H](C)OC)c(CC(F)(F)CO)c2cc(C3=CCCN(C[C@H](NC(=O)OC(C)(C)C)C(=O)N4CCC[C@@H](C(=O)O)N4)C3)ccc21. The number of ether oxygens (including phenoxy) is 2. The number of pyridine rings is 1. The van der Waals surface area contributed by atoms with E-state index in [0.717, 1.165) is 16.7 Å². The molecule has 4 N–H and O–H groups in total.